The second kappa shape index (κ2) is 5.66. The topological polar surface area (TPSA) is 37.9 Å². The Morgan fingerprint density at radius 1 is 1.04 bits per heavy atom. The van der Waals surface area contributed by atoms with Gasteiger partial charge in [0.05, 0.1) is 6.61 Å². The van der Waals surface area contributed by atoms with E-state index in [1.54, 1.807) is 0 Å². The summed E-state index contributed by atoms with van der Waals surface area (Å²) in [6, 6.07) is 11.0. The molecule has 1 aliphatic carbocycles. The molecule has 0 radical (unpaired) electrons. The van der Waals surface area contributed by atoms with Crippen molar-refractivity contribution < 1.29 is 4.74 Å². The van der Waals surface area contributed by atoms with Gasteiger partial charge in [-0.1, -0.05) is 18.9 Å². The maximum Gasteiger partial charge on any atom is 0.138 e. The van der Waals surface area contributed by atoms with Crippen molar-refractivity contribution in [1.82, 2.24) is 9.97 Å². The molecule has 2 aromatic heterocycles. The van der Waals surface area contributed by atoms with Gasteiger partial charge in [0.15, 0.2) is 0 Å². The summed E-state index contributed by atoms with van der Waals surface area (Å²) in [5.41, 5.74) is 6.09. The minimum atomic E-state index is 0.655. The quantitative estimate of drug-likeness (QED) is 0.704. The molecule has 5 rings (SSSR count). The Balaban J connectivity index is 1.55. The molecule has 0 spiro atoms. The molecular weight excluding hydrogens is 296 g/mol. The minimum absolute atomic E-state index is 0.655. The third kappa shape index (κ3) is 2.31. The molecule has 2 aliphatic rings. The van der Waals surface area contributed by atoms with E-state index in [1.165, 1.54) is 53.5 Å². The van der Waals surface area contributed by atoms with Crippen LogP contribution in [0.5, 0.6) is 5.75 Å². The van der Waals surface area contributed by atoms with Crippen LogP contribution >= 0.6 is 0 Å². The molecule has 3 heterocycles. The number of aryl methyl sites for hydroxylation is 1. The summed E-state index contributed by atoms with van der Waals surface area (Å²) in [5.74, 6) is 1.70. The summed E-state index contributed by atoms with van der Waals surface area (Å²) >= 11 is 0. The summed E-state index contributed by atoms with van der Waals surface area (Å²) in [6.45, 7) is 0.841. The van der Waals surface area contributed by atoms with Crippen LogP contribution in [0.25, 0.3) is 22.2 Å². The summed E-state index contributed by atoms with van der Waals surface area (Å²) < 4.78 is 5.74. The van der Waals surface area contributed by atoms with E-state index in [9.17, 15) is 0 Å². The van der Waals surface area contributed by atoms with Gasteiger partial charge >= 0.3 is 0 Å². The number of nitrogens with zero attached hydrogens (tertiary/aromatic N) is 1. The summed E-state index contributed by atoms with van der Waals surface area (Å²) in [4.78, 5) is 8.30. The lowest BCUT2D eigenvalue weighted by molar-refractivity contribution is 0.288. The van der Waals surface area contributed by atoms with Crippen molar-refractivity contribution in [1.29, 1.82) is 0 Å². The molecule has 0 atom stereocenters. The lowest BCUT2D eigenvalue weighted by Crippen LogP contribution is -2.07. The molecule has 3 heteroatoms. The van der Waals surface area contributed by atoms with Crippen LogP contribution in [0.15, 0.2) is 36.5 Å². The monoisotopic (exact) mass is 318 g/mol. The van der Waals surface area contributed by atoms with Crippen LogP contribution in [0, 0.1) is 0 Å². The zero-order valence-corrected chi connectivity index (χ0v) is 13.8. The molecule has 3 nitrogen and oxygen atoms in total. The molecule has 0 bridgehead atoms. The Kier molecular flexibility index (Phi) is 3.32. The van der Waals surface area contributed by atoms with Crippen LogP contribution in [0.4, 0.5) is 0 Å². The van der Waals surface area contributed by atoms with Gasteiger partial charge in [0.2, 0.25) is 0 Å². The maximum absolute atomic E-state index is 5.74. The average Bonchev–Trinajstić information content (AvgIpc) is 3.30. The number of nitrogens with one attached hydrogen (secondary N) is 1. The highest BCUT2D eigenvalue weighted by atomic mass is 16.5. The molecular formula is C21H22N2O. The lowest BCUT2D eigenvalue weighted by Gasteiger charge is -2.17. The Morgan fingerprint density at radius 2 is 1.96 bits per heavy atom. The number of ether oxygens (including phenoxy) is 1. The highest BCUT2D eigenvalue weighted by molar-refractivity contribution is 5.93. The molecule has 24 heavy (non-hydrogen) atoms. The average molecular weight is 318 g/mol. The second-order valence-electron chi connectivity index (χ2n) is 7.09. The molecule has 1 N–H and O–H groups in total. The Hall–Kier alpha value is -2.29. The second-order valence-corrected chi connectivity index (χ2v) is 7.09. The SMILES string of the molecule is c1cc2c(cc1-c1c[nH]c3nc(C4CCCC4)ccc13)CCCO2. The van der Waals surface area contributed by atoms with Crippen molar-refractivity contribution in [2.24, 2.45) is 0 Å². The third-order valence-electron chi connectivity index (χ3n) is 5.55. The van der Waals surface area contributed by atoms with Crippen molar-refractivity contribution in [3.63, 3.8) is 0 Å². The number of fused-ring (bicyclic) bond motifs is 2. The van der Waals surface area contributed by atoms with Crippen molar-refractivity contribution in [3.05, 3.63) is 47.8 Å². The largest absolute Gasteiger partial charge is 0.493 e. The van der Waals surface area contributed by atoms with E-state index < -0.39 is 0 Å². The highest BCUT2D eigenvalue weighted by Gasteiger charge is 2.19. The molecule has 0 amide bonds. The normalized spacial score (nSPS) is 17.8. The molecule has 1 saturated carbocycles. The molecule has 1 aliphatic heterocycles. The van der Waals surface area contributed by atoms with Crippen LogP contribution < -0.4 is 4.74 Å². The number of aromatic nitrogens is 2. The third-order valence-corrected chi connectivity index (χ3v) is 5.55. The predicted octanol–water partition coefficient (Wildman–Crippen LogP) is 5.21. The first-order chi connectivity index (χ1) is 11.9. The number of hydrogen-bond acceptors (Lipinski definition) is 2. The zero-order chi connectivity index (χ0) is 15.9. The molecule has 3 aromatic rings. The molecule has 1 aromatic carbocycles. The lowest BCUT2D eigenvalue weighted by atomic mass is 9.98. The molecule has 122 valence electrons. The minimum Gasteiger partial charge on any atom is -0.493 e. The van der Waals surface area contributed by atoms with Gasteiger partial charge in [-0.25, -0.2) is 4.98 Å². The smallest absolute Gasteiger partial charge is 0.138 e. The van der Waals surface area contributed by atoms with E-state index in [0.717, 1.165) is 30.8 Å². The Bertz CT molecular complexity index is 890. The first kappa shape index (κ1) is 14.1. The van der Waals surface area contributed by atoms with E-state index in [2.05, 4.69) is 41.5 Å². The fraction of sp³-hybridized carbons (Fsp3) is 0.381. The fourth-order valence-electron chi connectivity index (χ4n) is 4.24. The number of pyridine rings is 1. The predicted molar refractivity (Wildman–Crippen MR) is 96.6 cm³/mol. The molecule has 1 fully saturated rings. The van der Waals surface area contributed by atoms with Crippen LogP contribution in [0.2, 0.25) is 0 Å². The van der Waals surface area contributed by atoms with Gasteiger partial charge in [-0.15, -0.1) is 0 Å². The molecule has 0 unspecified atom stereocenters. The van der Waals surface area contributed by atoms with Gasteiger partial charge in [0, 0.05) is 28.8 Å². The van der Waals surface area contributed by atoms with Crippen molar-refractivity contribution in [2.45, 2.75) is 44.4 Å². The van der Waals surface area contributed by atoms with Crippen LogP contribution in [-0.2, 0) is 6.42 Å². The van der Waals surface area contributed by atoms with Crippen molar-refractivity contribution in [2.75, 3.05) is 6.61 Å². The van der Waals surface area contributed by atoms with Gasteiger partial charge < -0.3 is 9.72 Å². The number of hydrogen-bond donors (Lipinski definition) is 1. The summed E-state index contributed by atoms with van der Waals surface area (Å²) in [7, 11) is 0. The summed E-state index contributed by atoms with van der Waals surface area (Å²) in [5, 5.41) is 1.22. The van der Waals surface area contributed by atoms with E-state index in [4.69, 9.17) is 9.72 Å². The number of benzene rings is 1. The summed E-state index contributed by atoms with van der Waals surface area (Å²) in [6.07, 6.45) is 9.58. The van der Waals surface area contributed by atoms with Gasteiger partial charge in [-0.2, -0.15) is 0 Å². The van der Waals surface area contributed by atoms with Gasteiger partial charge in [0.1, 0.15) is 11.4 Å². The van der Waals surface area contributed by atoms with E-state index >= 15 is 0 Å². The van der Waals surface area contributed by atoms with Crippen LogP contribution in [0.3, 0.4) is 0 Å². The number of rotatable bonds is 2. The van der Waals surface area contributed by atoms with Gasteiger partial charge in [-0.05, 0) is 61.1 Å². The van der Waals surface area contributed by atoms with E-state index in [1.807, 2.05) is 0 Å². The number of H-pyrrole nitrogens is 1. The fourth-order valence-corrected chi connectivity index (χ4v) is 4.24. The number of aromatic amines is 1. The van der Waals surface area contributed by atoms with Crippen molar-refractivity contribution >= 4 is 11.0 Å². The first-order valence-electron chi connectivity index (χ1n) is 9.12. The standard InChI is InChI=1S/C21H22N2O/c1-2-5-14(4-1)19-9-8-17-18(13-22-21(17)23-19)15-7-10-20-16(12-15)6-3-11-24-20/h7-10,12-14H,1-6,11H2,(H,22,23). The van der Waals surface area contributed by atoms with Gasteiger partial charge in [0.25, 0.3) is 0 Å². The zero-order valence-electron chi connectivity index (χ0n) is 13.8. The van der Waals surface area contributed by atoms with Gasteiger partial charge in [-0.3, -0.25) is 0 Å². The first-order valence-corrected chi connectivity index (χ1v) is 9.12. The molecule has 0 saturated heterocycles. The Labute approximate surface area is 142 Å². The van der Waals surface area contributed by atoms with Crippen molar-refractivity contribution in [3.8, 4) is 16.9 Å². The van der Waals surface area contributed by atoms with E-state index in [0.29, 0.717) is 5.92 Å². The van der Waals surface area contributed by atoms with Crippen LogP contribution in [0.1, 0.15) is 49.3 Å². The van der Waals surface area contributed by atoms with E-state index in [-0.39, 0.29) is 0 Å². The maximum atomic E-state index is 5.74. The highest BCUT2D eigenvalue weighted by Crippen LogP contribution is 2.36. The van der Waals surface area contributed by atoms with Crippen LogP contribution in [-0.4, -0.2) is 16.6 Å². The Morgan fingerprint density at radius 3 is 2.88 bits per heavy atom.